The zero-order valence-electron chi connectivity index (χ0n) is 39.1. The third kappa shape index (κ3) is 205. The maximum atomic E-state index is 11.1. The minimum absolute atomic E-state index is 0.167. The topological polar surface area (TPSA) is 264 Å². The summed E-state index contributed by atoms with van der Waals surface area (Å²) in [7, 11) is -0.0352. The van der Waals surface area contributed by atoms with Gasteiger partial charge in [0.25, 0.3) is 6.43 Å². The normalized spacial score (nSPS) is 10.5. The van der Waals surface area contributed by atoms with Gasteiger partial charge >= 0.3 is 30.1 Å². The Bertz CT molecular complexity index is 1350. The maximum absolute atomic E-state index is 11.1. The van der Waals surface area contributed by atoms with E-state index in [0.717, 1.165) is 26.4 Å². The van der Waals surface area contributed by atoms with Gasteiger partial charge in [-0.15, -0.1) is 0 Å². The average molecular weight is 974 g/mol. The second-order valence-corrected chi connectivity index (χ2v) is 17.3. The lowest BCUT2D eigenvalue weighted by molar-refractivity contribution is -0.184. The van der Waals surface area contributed by atoms with Crippen LogP contribution in [0.1, 0.15) is 82.1 Å². The molecule has 0 aliphatic carbocycles. The largest absolute Gasteiger partial charge is 0.469 e. The fourth-order valence-corrected chi connectivity index (χ4v) is 1.56. The van der Waals surface area contributed by atoms with Gasteiger partial charge in [-0.25, -0.2) is 39.4 Å². The first kappa shape index (κ1) is 81.7. The van der Waals surface area contributed by atoms with Gasteiger partial charge in [-0.2, -0.15) is 13.2 Å². The number of alkyl halides is 5. The minimum atomic E-state index is -4.41. The molecule has 0 heterocycles. The first-order chi connectivity index (χ1) is 27.2. The number of methoxy groups -OCH3 is 2. The standard InChI is InChI=1S/C5H13NO3S.C4H5F3O2.C4H6F2O2.C4H11NOS.C4H8O2.C3H6O2.C3H6O.C3H8.C2H7NO2S.C2H6O/c1-9-5-3-4-6-10(2,7)8;1-3(8)9-2-4(5,6)7;1-3(7)8-2-4(5)6;1-5(2)7(3,4)6;1-3-6-4(2)5;1-3(4)5-2;1-3(2)4;1-3-2;1-3-6(2,4)5;1-2-3/h6H,3-5H2,1-2H3;2H2,1H3;4H,2H2,1H3;3H2,1-2,4H3;3H2,1-2H3;1-2H3;1-2H3;3H2,1-2H3;3H,1-2H3;3H,2H2,1H3. The number of nitrogens with one attached hydrogen (secondary N) is 2. The molecule has 19 nitrogen and oxygen atoms in total. The average Bonchev–Trinajstić information content (AvgIpc) is 3.05. The molecule has 376 valence electrons. The highest BCUT2D eigenvalue weighted by Crippen LogP contribution is 2.14. The Balaban J connectivity index is -0.0000000605. The summed E-state index contributed by atoms with van der Waals surface area (Å²) in [6, 6.07) is 0. The van der Waals surface area contributed by atoms with Crippen LogP contribution in [0.25, 0.3) is 0 Å². The van der Waals surface area contributed by atoms with Gasteiger partial charge in [0.05, 0.1) is 26.2 Å². The van der Waals surface area contributed by atoms with Crippen LogP contribution in [0.15, 0.2) is 0 Å². The summed E-state index contributed by atoms with van der Waals surface area (Å²) in [4.78, 5) is 48.4. The quantitative estimate of drug-likeness (QED) is 0.0882. The Morgan fingerprint density at radius 3 is 1.13 bits per heavy atom. The molecule has 0 aromatic carbocycles. The van der Waals surface area contributed by atoms with Gasteiger partial charge in [0, 0.05) is 70.5 Å². The molecule has 0 aromatic rings. The van der Waals surface area contributed by atoms with E-state index in [2.05, 4.69) is 48.1 Å². The third-order valence-electron chi connectivity index (χ3n) is 3.52. The summed E-state index contributed by atoms with van der Waals surface area (Å²) in [5.41, 5.74) is 0. The lowest BCUT2D eigenvalue weighted by Crippen LogP contribution is -2.23. The fraction of sp³-hybridized carbons (Fsp3) is 0.824. The fourth-order valence-electron chi connectivity index (χ4n) is 1.04. The molecule has 0 aliphatic rings. The number of Topliss-reactive ketones (excluding diaryl/α,β-unsaturated/α-hetero) is 1. The Hall–Kier alpha value is -3.08. The SMILES string of the molecule is C=S(C)(=O)N(C)C.CC(=O)OCC(F)(F)F.CC(=O)OCC(F)F.CC(C)=O.CCC.CCO.CCOC(C)=O.CNS(C)(=O)=O.COC(C)=O.COCCCNS(C)(=O)=O. The molecular formula is C34H76F5N3O16S3. The molecule has 0 amide bonds. The monoisotopic (exact) mass is 973 g/mol. The van der Waals surface area contributed by atoms with E-state index >= 15 is 0 Å². The van der Waals surface area contributed by atoms with Crippen molar-refractivity contribution in [2.45, 2.75) is 94.7 Å². The molecule has 0 saturated heterocycles. The number of nitrogens with zero attached hydrogens (tertiary/aromatic N) is 1. The van der Waals surface area contributed by atoms with Crippen molar-refractivity contribution in [3.05, 3.63) is 0 Å². The summed E-state index contributed by atoms with van der Waals surface area (Å²) in [6.45, 7) is 15.0. The van der Waals surface area contributed by atoms with Crippen molar-refractivity contribution < 1.29 is 95.8 Å². The van der Waals surface area contributed by atoms with Crippen LogP contribution in [0.2, 0.25) is 0 Å². The number of aliphatic hydroxyl groups excluding tert-OH is 1. The molecule has 0 aliphatic heterocycles. The van der Waals surface area contributed by atoms with Crippen molar-refractivity contribution >= 4 is 65.3 Å². The van der Waals surface area contributed by atoms with Gasteiger partial charge in [0.1, 0.15) is 5.78 Å². The summed E-state index contributed by atoms with van der Waals surface area (Å²) >= 11 is 0. The van der Waals surface area contributed by atoms with Gasteiger partial charge in [0.2, 0.25) is 20.0 Å². The van der Waals surface area contributed by atoms with Crippen LogP contribution < -0.4 is 9.44 Å². The molecule has 0 rings (SSSR count). The van der Waals surface area contributed by atoms with E-state index in [1.165, 1.54) is 48.3 Å². The smallest absolute Gasteiger partial charge is 0.422 e. The van der Waals surface area contributed by atoms with E-state index in [0.29, 0.717) is 26.2 Å². The van der Waals surface area contributed by atoms with E-state index < -0.39 is 67.5 Å². The molecule has 0 bridgehead atoms. The van der Waals surface area contributed by atoms with Crippen molar-refractivity contribution in [1.82, 2.24) is 13.7 Å². The van der Waals surface area contributed by atoms with E-state index in [-0.39, 0.29) is 24.3 Å². The van der Waals surface area contributed by atoms with Crippen molar-refractivity contribution in [1.29, 1.82) is 0 Å². The van der Waals surface area contributed by atoms with Crippen LogP contribution in [-0.2, 0) is 77.4 Å². The van der Waals surface area contributed by atoms with Gasteiger partial charge < -0.3 is 33.6 Å². The van der Waals surface area contributed by atoms with Crippen molar-refractivity contribution in [3.8, 4) is 0 Å². The van der Waals surface area contributed by atoms with Crippen molar-refractivity contribution in [2.24, 2.45) is 0 Å². The second-order valence-electron chi connectivity index (χ2n) is 10.9. The van der Waals surface area contributed by atoms with E-state index in [1.54, 1.807) is 45.6 Å². The Morgan fingerprint density at radius 1 is 0.738 bits per heavy atom. The number of esters is 4. The van der Waals surface area contributed by atoms with Crippen LogP contribution in [0.3, 0.4) is 0 Å². The number of ketones is 1. The van der Waals surface area contributed by atoms with Gasteiger partial charge in [-0.05, 0) is 61.1 Å². The molecule has 1 atom stereocenters. The molecule has 0 radical (unpaired) electrons. The number of sulfonamides is 2. The van der Waals surface area contributed by atoms with Crippen LogP contribution in [0.5, 0.6) is 0 Å². The highest BCUT2D eigenvalue weighted by atomic mass is 32.2. The van der Waals surface area contributed by atoms with Crippen LogP contribution in [-0.4, -0.2) is 172 Å². The summed E-state index contributed by atoms with van der Waals surface area (Å²) in [6.07, 6.45) is -1.16. The van der Waals surface area contributed by atoms with E-state index in [1.807, 2.05) is 0 Å². The highest BCUT2D eigenvalue weighted by molar-refractivity contribution is 7.97. The molecular weight excluding hydrogens is 898 g/mol. The van der Waals surface area contributed by atoms with Crippen LogP contribution in [0, 0.1) is 0 Å². The van der Waals surface area contributed by atoms with Crippen LogP contribution >= 0.6 is 0 Å². The molecule has 0 saturated carbocycles. The van der Waals surface area contributed by atoms with Crippen LogP contribution in [0.4, 0.5) is 22.0 Å². The number of hydrogen-bond donors (Lipinski definition) is 3. The molecule has 27 heteroatoms. The molecule has 3 N–H and O–H groups in total. The lowest BCUT2D eigenvalue weighted by atomic mass is 10.5. The summed E-state index contributed by atoms with van der Waals surface area (Å²) in [5.74, 6) is 1.53. The summed E-state index contributed by atoms with van der Waals surface area (Å²) in [5, 5.41) is 7.57. The number of hydrogen-bond acceptors (Lipinski definition) is 16. The first-order valence-corrected chi connectivity index (χ1v) is 23.3. The van der Waals surface area contributed by atoms with Gasteiger partial charge in [-0.3, -0.25) is 23.4 Å². The molecule has 61 heavy (non-hydrogen) atoms. The zero-order chi connectivity index (χ0) is 51.6. The molecule has 0 aromatic heterocycles. The number of ether oxygens (including phenoxy) is 5. The van der Waals surface area contributed by atoms with Gasteiger partial charge in [-0.1, -0.05) is 20.3 Å². The highest BCUT2D eigenvalue weighted by Gasteiger charge is 2.28. The first-order valence-electron chi connectivity index (χ1n) is 17.4. The molecule has 0 spiro atoms. The number of rotatable bonds is 11. The van der Waals surface area contributed by atoms with E-state index in [9.17, 15) is 67.0 Å². The second kappa shape index (κ2) is 54.9. The number of halogens is 5. The minimum Gasteiger partial charge on any atom is -0.469 e. The Morgan fingerprint density at radius 2 is 1.03 bits per heavy atom. The third-order valence-corrected chi connectivity index (χ3v) is 6.53. The molecule has 1 unspecified atom stereocenters. The Kier molecular flexibility index (Phi) is 73.6. The number of aliphatic hydroxyl groups is 1. The Labute approximate surface area is 362 Å². The van der Waals surface area contributed by atoms with Crippen molar-refractivity contribution in [2.75, 3.05) is 93.7 Å². The van der Waals surface area contributed by atoms with Crippen molar-refractivity contribution in [3.63, 3.8) is 0 Å². The van der Waals surface area contributed by atoms with Gasteiger partial charge in [0.15, 0.2) is 13.2 Å². The number of carbonyl (C=O) groups excluding carboxylic acids is 5. The lowest BCUT2D eigenvalue weighted by Gasteiger charge is -2.09. The maximum Gasteiger partial charge on any atom is 0.422 e. The summed E-state index contributed by atoms with van der Waals surface area (Å²) < 4.78 is 134. The molecule has 0 fully saturated rings. The predicted octanol–water partition coefficient (Wildman–Crippen LogP) is 3.23. The number of carbonyl (C=O) groups is 5. The zero-order valence-corrected chi connectivity index (χ0v) is 41.5. The predicted molar refractivity (Wildman–Crippen MR) is 229 cm³/mol. The van der Waals surface area contributed by atoms with E-state index in [4.69, 9.17) is 9.84 Å².